The van der Waals surface area contributed by atoms with E-state index in [4.69, 9.17) is 0 Å². The summed E-state index contributed by atoms with van der Waals surface area (Å²) in [5.41, 5.74) is 9.49. The van der Waals surface area contributed by atoms with Crippen molar-refractivity contribution in [2.75, 3.05) is 0 Å². The molecule has 3 aromatic carbocycles. The molecule has 2 nitrogen and oxygen atoms in total. The number of benzene rings is 3. The Bertz CT molecular complexity index is 1700. The average Bonchev–Trinajstić information content (AvgIpc) is 3.02. The minimum absolute atomic E-state index is 1.32. The summed E-state index contributed by atoms with van der Waals surface area (Å²) in [5.74, 6) is 7.48. The van der Waals surface area contributed by atoms with Crippen molar-refractivity contribution < 1.29 is 4.57 Å². The normalized spacial score (nSPS) is 13.0. The number of nitrogens with zero attached hydrogens (tertiary/aromatic N) is 2. The van der Waals surface area contributed by atoms with Gasteiger partial charge in [-0.15, -0.1) is 0 Å². The monoisotopic (exact) mass is 467 g/mol. The number of pyridine rings is 2. The van der Waals surface area contributed by atoms with E-state index in [0.717, 1.165) is 0 Å². The van der Waals surface area contributed by atoms with E-state index in [9.17, 15) is 0 Å². The van der Waals surface area contributed by atoms with Crippen molar-refractivity contribution in [3.63, 3.8) is 0 Å². The number of hydrogen-bond donors (Lipinski definition) is 0. The van der Waals surface area contributed by atoms with Crippen LogP contribution in [0.4, 0.5) is 0 Å². The Morgan fingerprint density at radius 1 is 0.806 bits per heavy atom. The van der Waals surface area contributed by atoms with E-state index in [1.165, 1.54) is 65.7 Å². The summed E-state index contributed by atoms with van der Waals surface area (Å²) in [6.45, 7) is 6.75. The quantitative estimate of drug-likeness (QED) is 0.117. The second kappa shape index (κ2) is 6.01. The van der Waals surface area contributed by atoms with Crippen molar-refractivity contribution in [1.82, 2.24) is 4.40 Å². The first-order valence-corrected chi connectivity index (χ1v) is 18.5. The standard InChI is InChI=1S/C28H29GeN2/c1-16-8-9-23-21(12-16)22-13-17(2)18(3)25-27(22)31(23)24-15-20(29(4,5)6)14-19-10-11-30(7)28(25)26(19)24/h8-15H,1-7H3/q+1. The fourth-order valence-electron chi connectivity index (χ4n) is 5.45. The van der Waals surface area contributed by atoms with E-state index >= 15 is 0 Å². The minimum atomic E-state index is -2.02. The van der Waals surface area contributed by atoms with Crippen LogP contribution >= 0.6 is 0 Å². The molecule has 0 fully saturated rings. The average molecular weight is 466 g/mol. The molecule has 0 atom stereocenters. The molecule has 6 aromatic rings. The van der Waals surface area contributed by atoms with Crippen molar-refractivity contribution in [2.45, 2.75) is 38.0 Å². The summed E-state index contributed by atoms with van der Waals surface area (Å²) in [7, 11) is 2.20. The Hall–Kier alpha value is -2.59. The van der Waals surface area contributed by atoms with Gasteiger partial charge in [0.1, 0.15) is 0 Å². The van der Waals surface area contributed by atoms with Crippen molar-refractivity contribution >= 4 is 66.7 Å². The topological polar surface area (TPSA) is 8.29 Å². The van der Waals surface area contributed by atoms with Gasteiger partial charge in [0.25, 0.3) is 0 Å². The first kappa shape index (κ1) is 19.1. The van der Waals surface area contributed by atoms with E-state index in [0.29, 0.717) is 0 Å². The van der Waals surface area contributed by atoms with Crippen LogP contribution in [-0.2, 0) is 7.05 Å². The van der Waals surface area contributed by atoms with Crippen LogP contribution in [0.1, 0.15) is 16.7 Å². The third-order valence-corrected chi connectivity index (χ3v) is 11.5. The van der Waals surface area contributed by atoms with Crippen molar-refractivity contribution in [3.8, 4) is 0 Å². The molecule has 0 spiro atoms. The molecule has 3 heterocycles. The zero-order valence-corrected chi connectivity index (χ0v) is 21.6. The number of rotatable bonds is 1. The second-order valence-electron chi connectivity index (χ2n) is 10.4. The molecule has 0 aliphatic carbocycles. The van der Waals surface area contributed by atoms with Crippen LogP contribution in [0.15, 0.2) is 48.7 Å². The van der Waals surface area contributed by atoms with Crippen LogP contribution in [0.25, 0.3) is 49.0 Å². The van der Waals surface area contributed by atoms with Crippen LogP contribution in [0, 0.1) is 20.8 Å². The van der Waals surface area contributed by atoms with E-state index in [1.54, 1.807) is 4.40 Å². The van der Waals surface area contributed by atoms with Crippen LogP contribution in [0.2, 0.25) is 17.3 Å². The first-order chi connectivity index (χ1) is 14.7. The Morgan fingerprint density at radius 3 is 2.32 bits per heavy atom. The van der Waals surface area contributed by atoms with Crippen LogP contribution in [-0.4, -0.2) is 17.7 Å². The number of hydrogen-bond acceptors (Lipinski definition) is 0. The molecular formula is C28H29GeN2+. The van der Waals surface area contributed by atoms with Gasteiger partial charge in [-0.2, -0.15) is 0 Å². The Morgan fingerprint density at radius 2 is 1.58 bits per heavy atom. The summed E-state index contributed by atoms with van der Waals surface area (Å²) in [5, 5.41) is 6.90. The van der Waals surface area contributed by atoms with Gasteiger partial charge in [-0.3, -0.25) is 0 Å². The zero-order valence-electron chi connectivity index (χ0n) is 19.5. The fraction of sp³-hybridized carbons (Fsp3) is 0.250. The summed E-state index contributed by atoms with van der Waals surface area (Å²) in [4.78, 5) is 0. The SMILES string of the molecule is Cc1ccc2c(c1)c1cc(C)c(C)c3c1n2c1c[c]([Ge]([CH3])([CH3])[CH3])cc2cc[n+](C)c3c21. The van der Waals surface area contributed by atoms with Crippen LogP contribution in [0.3, 0.4) is 0 Å². The van der Waals surface area contributed by atoms with Gasteiger partial charge in [-0.05, 0) is 0 Å². The maximum atomic E-state index is 2.57. The Kier molecular flexibility index (Phi) is 3.71. The van der Waals surface area contributed by atoms with Gasteiger partial charge in [-0.25, -0.2) is 0 Å². The molecule has 0 bridgehead atoms. The molecule has 3 heteroatoms. The third-order valence-electron chi connectivity index (χ3n) is 7.28. The van der Waals surface area contributed by atoms with Gasteiger partial charge in [0.15, 0.2) is 0 Å². The molecule has 0 saturated carbocycles. The predicted octanol–water partition coefficient (Wildman–Crippen LogP) is 6.28. The van der Waals surface area contributed by atoms with Crippen molar-refractivity contribution in [1.29, 1.82) is 0 Å². The van der Waals surface area contributed by atoms with Crippen LogP contribution < -0.4 is 8.96 Å². The molecule has 31 heavy (non-hydrogen) atoms. The van der Waals surface area contributed by atoms with Crippen LogP contribution in [0.5, 0.6) is 0 Å². The molecule has 0 unspecified atom stereocenters. The molecule has 0 saturated heterocycles. The van der Waals surface area contributed by atoms with Gasteiger partial charge in [0, 0.05) is 0 Å². The molecule has 0 amide bonds. The van der Waals surface area contributed by atoms with Gasteiger partial charge >= 0.3 is 186 Å². The maximum absolute atomic E-state index is 2.57. The van der Waals surface area contributed by atoms with Gasteiger partial charge in [0.05, 0.1) is 0 Å². The molecule has 0 radical (unpaired) electrons. The summed E-state index contributed by atoms with van der Waals surface area (Å²) in [6.07, 6.45) is 2.25. The fourth-order valence-corrected chi connectivity index (χ4v) is 7.88. The molecule has 0 aliphatic rings. The van der Waals surface area contributed by atoms with E-state index < -0.39 is 13.3 Å². The number of aromatic nitrogens is 2. The predicted molar refractivity (Wildman–Crippen MR) is 137 cm³/mol. The van der Waals surface area contributed by atoms with E-state index in [1.807, 2.05) is 0 Å². The summed E-state index contributed by atoms with van der Waals surface area (Å²) >= 11 is -2.02. The van der Waals surface area contributed by atoms with Gasteiger partial charge < -0.3 is 0 Å². The Labute approximate surface area is 185 Å². The first-order valence-electron chi connectivity index (χ1n) is 11.2. The van der Waals surface area contributed by atoms with E-state index in [2.05, 4.69) is 103 Å². The molecule has 0 aliphatic heterocycles. The van der Waals surface area contributed by atoms with Gasteiger partial charge in [-0.1, -0.05) is 0 Å². The number of fused-ring (bicyclic) bond motifs is 5. The molecular weight excluding hydrogens is 437 g/mol. The molecule has 3 aromatic heterocycles. The van der Waals surface area contributed by atoms with E-state index in [-0.39, 0.29) is 0 Å². The number of aryl methyl sites for hydroxylation is 4. The zero-order chi connectivity index (χ0) is 21.8. The molecule has 6 rings (SSSR count). The molecule has 0 N–H and O–H groups in total. The van der Waals surface area contributed by atoms with Crippen molar-refractivity contribution in [2.24, 2.45) is 7.05 Å². The summed E-state index contributed by atoms with van der Waals surface area (Å²) < 4.78 is 6.47. The van der Waals surface area contributed by atoms with Gasteiger partial charge in [0.2, 0.25) is 0 Å². The third kappa shape index (κ3) is 2.43. The Balaban J connectivity index is 2.08. The van der Waals surface area contributed by atoms with Crippen molar-refractivity contribution in [3.05, 3.63) is 65.4 Å². The second-order valence-corrected chi connectivity index (χ2v) is 21.1. The molecule has 154 valence electrons. The summed E-state index contributed by atoms with van der Waals surface area (Å²) in [6, 6.07) is 16.7.